The maximum Gasteiger partial charge on any atom is 0.251 e. The molecule has 1 saturated carbocycles. The van der Waals surface area contributed by atoms with Crippen molar-refractivity contribution in [3.8, 4) is 0 Å². The quantitative estimate of drug-likeness (QED) is 0.834. The van der Waals surface area contributed by atoms with Crippen LogP contribution < -0.4 is 10.2 Å². The van der Waals surface area contributed by atoms with Crippen LogP contribution in [-0.2, 0) is 0 Å². The van der Waals surface area contributed by atoms with E-state index in [4.69, 9.17) is 0 Å². The molecule has 1 fully saturated rings. The van der Waals surface area contributed by atoms with Crippen molar-refractivity contribution in [2.45, 2.75) is 64.8 Å². The van der Waals surface area contributed by atoms with Crippen LogP contribution in [0.5, 0.6) is 0 Å². The largest absolute Gasteiger partial charge is 0.357 e. The van der Waals surface area contributed by atoms with Crippen molar-refractivity contribution in [1.29, 1.82) is 0 Å². The number of nitrogens with zero attached hydrogens (tertiary/aromatic N) is 2. The van der Waals surface area contributed by atoms with Crippen molar-refractivity contribution in [3.05, 3.63) is 23.9 Å². The second-order valence-electron chi connectivity index (χ2n) is 6.20. The Morgan fingerprint density at radius 2 is 1.91 bits per heavy atom. The Balaban J connectivity index is 2.04. The molecule has 2 rings (SSSR count). The monoisotopic (exact) mass is 303 g/mol. The Bertz CT molecular complexity index is 463. The summed E-state index contributed by atoms with van der Waals surface area (Å²) in [6.45, 7) is 6.30. The first kappa shape index (κ1) is 16.8. The van der Waals surface area contributed by atoms with E-state index in [0.29, 0.717) is 6.04 Å². The summed E-state index contributed by atoms with van der Waals surface area (Å²) in [5.74, 6) is 0.962. The van der Waals surface area contributed by atoms with E-state index in [-0.39, 0.29) is 5.91 Å². The summed E-state index contributed by atoms with van der Waals surface area (Å²) in [6.07, 6.45) is 9.90. The standard InChI is InChI=1S/C18H29N3O/c1-3-12-21(13-4-2)17-14-15(10-11-19-17)18(22)20-16-8-6-5-7-9-16/h10-11,14,16H,3-9,12-13H2,1-2H3,(H,20,22). The highest BCUT2D eigenvalue weighted by atomic mass is 16.1. The first-order valence-electron chi connectivity index (χ1n) is 8.76. The molecule has 0 spiro atoms. The molecule has 0 aliphatic heterocycles. The van der Waals surface area contributed by atoms with Crippen LogP contribution in [0.15, 0.2) is 18.3 Å². The predicted octanol–water partition coefficient (Wildman–Crippen LogP) is 3.77. The molecule has 1 N–H and O–H groups in total. The van der Waals surface area contributed by atoms with Gasteiger partial charge in [-0.3, -0.25) is 4.79 Å². The second-order valence-corrected chi connectivity index (χ2v) is 6.20. The van der Waals surface area contributed by atoms with Crippen LogP contribution in [0.1, 0.15) is 69.2 Å². The van der Waals surface area contributed by atoms with E-state index in [1.54, 1.807) is 6.20 Å². The van der Waals surface area contributed by atoms with Gasteiger partial charge in [0.25, 0.3) is 5.91 Å². The average Bonchev–Trinajstić information content (AvgIpc) is 2.56. The first-order chi connectivity index (χ1) is 10.7. The Labute approximate surface area is 134 Å². The lowest BCUT2D eigenvalue weighted by Gasteiger charge is -2.24. The van der Waals surface area contributed by atoms with Gasteiger partial charge < -0.3 is 10.2 Å². The highest BCUT2D eigenvalue weighted by Crippen LogP contribution is 2.19. The molecule has 0 atom stereocenters. The molecular formula is C18H29N3O. The molecule has 1 heterocycles. The molecule has 4 nitrogen and oxygen atoms in total. The summed E-state index contributed by atoms with van der Waals surface area (Å²) in [5, 5.41) is 3.18. The topological polar surface area (TPSA) is 45.2 Å². The second kappa shape index (κ2) is 8.76. The molecule has 0 radical (unpaired) electrons. The van der Waals surface area contributed by atoms with Crippen molar-refractivity contribution < 1.29 is 4.79 Å². The smallest absolute Gasteiger partial charge is 0.251 e. The van der Waals surface area contributed by atoms with Gasteiger partial charge in [0.15, 0.2) is 0 Å². The van der Waals surface area contributed by atoms with Gasteiger partial charge in [0.05, 0.1) is 0 Å². The molecule has 1 aromatic heterocycles. The van der Waals surface area contributed by atoms with Crippen LogP contribution in [0.4, 0.5) is 5.82 Å². The fraction of sp³-hybridized carbons (Fsp3) is 0.667. The molecule has 0 saturated heterocycles. The molecule has 0 aromatic carbocycles. The molecule has 1 aliphatic carbocycles. The van der Waals surface area contributed by atoms with E-state index in [9.17, 15) is 4.79 Å². The minimum absolute atomic E-state index is 0.0449. The highest BCUT2D eigenvalue weighted by Gasteiger charge is 2.17. The number of hydrogen-bond donors (Lipinski definition) is 1. The number of rotatable bonds is 7. The molecule has 1 amide bonds. The summed E-state index contributed by atoms with van der Waals surface area (Å²) < 4.78 is 0. The zero-order valence-electron chi connectivity index (χ0n) is 14.0. The first-order valence-corrected chi connectivity index (χ1v) is 8.76. The van der Waals surface area contributed by atoms with Gasteiger partial charge >= 0.3 is 0 Å². The van der Waals surface area contributed by atoms with E-state index < -0.39 is 0 Å². The Morgan fingerprint density at radius 1 is 1.23 bits per heavy atom. The third-order valence-electron chi connectivity index (χ3n) is 4.26. The number of amides is 1. The number of anilines is 1. The van der Waals surface area contributed by atoms with Crippen LogP contribution in [0.3, 0.4) is 0 Å². The van der Waals surface area contributed by atoms with Crippen LogP contribution in [-0.4, -0.2) is 30.0 Å². The van der Waals surface area contributed by atoms with Crippen molar-refractivity contribution in [1.82, 2.24) is 10.3 Å². The Kier molecular flexibility index (Phi) is 6.69. The highest BCUT2D eigenvalue weighted by molar-refractivity contribution is 5.95. The molecule has 1 aliphatic rings. The molecular weight excluding hydrogens is 274 g/mol. The van der Waals surface area contributed by atoms with Gasteiger partial charge in [0, 0.05) is 30.9 Å². The number of carbonyl (C=O) groups excluding carboxylic acids is 1. The third-order valence-corrected chi connectivity index (χ3v) is 4.26. The minimum Gasteiger partial charge on any atom is -0.357 e. The fourth-order valence-electron chi connectivity index (χ4n) is 3.13. The third kappa shape index (κ3) is 4.72. The summed E-state index contributed by atoms with van der Waals surface area (Å²) in [6, 6.07) is 4.10. The Morgan fingerprint density at radius 3 is 2.55 bits per heavy atom. The SMILES string of the molecule is CCCN(CCC)c1cc(C(=O)NC2CCCCC2)ccn1. The predicted molar refractivity (Wildman–Crippen MR) is 91.4 cm³/mol. The maximum atomic E-state index is 12.4. The van der Waals surface area contributed by atoms with Gasteiger partial charge in [0.2, 0.25) is 0 Å². The number of carbonyl (C=O) groups is 1. The molecule has 1 aromatic rings. The molecule has 4 heteroatoms. The lowest BCUT2D eigenvalue weighted by atomic mass is 9.95. The Hall–Kier alpha value is -1.58. The van der Waals surface area contributed by atoms with Crippen LogP contribution in [0.25, 0.3) is 0 Å². The summed E-state index contributed by atoms with van der Waals surface area (Å²) in [7, 11) is 0. The van der Waals surface area contributed by atoms with Gasteiger partial charge in [-0.05, 0) is 37.8 Å². The lowest BCUT2D eigenvalue weighted by molar-refractivity contribution is 0.0927. The van der Waals surface area contributed by atoms with Crippen molar-refractivity contribution in [2.75, 3.05) is 18.0 Å². The summed E-state index contributed by atoms with van der Waals surface area (Å²) in [5.41, 5.74) is 0.729. The zero-order chi connectivity index (χ0) is 15.8. The van der Waals surface area contributed by atoms with E-state index in [1.165, 1.54) is 19.3 Å². The molecule has 22 heavy (non-hydrogen) atoms. The van der Waals surface area contributed by atoms with E-state index in [0.717, 1.165) is 50.2 Å². The summed E-state index contributed by atoms with van der Waals surface area (Å²) in [4.78, 5) is 19.2. The van der Waals surface area contributed by atoms with Crippen molar-refractivity contribution in [2.24, 2.45) is 0 Å². The average molecular weight is 303 g/mol. The van der Waals surface area contributed by atoms with Crippen LogP contribution >= 0.6 is 0 Å². The molecule has 122 valence electrons. The van der Waals surface area contributed by atoms with E-state index >= 15 is 0 Å². The number of pyridine rings is 1. The van der Waals surface area contributed by atoms with Crippen molar-refractivity contribution in [3.63, 3.8) is 0 Å². The maximum absolute atomic E-state index is 12.4. The van der Waals surface area contributed by atoms with Crippen LogP contribution in [0.2, 0.25) is 0 Å². The minimum atomic E-state index is 0.0449. The van der Waals surface area contributed by atoms with Crippen LogP contribution in [0, 0.1) is 0 Å². The summed E-state index contributed by atoms with van der Waals surface area (Å²) >= 11 is 0. The zero-order valence-corrected chi connectivity index (χ0v) is 14.0. The number of aromatic nitrogens is 1. The van der Waals surface area contributed by atoms with Gasteiger partial charge in [-0.15, -0.1) is 0 Å². The molecule has 0 bridgehead atoms. The van der Waals surface area contributed by atoms with E-state index in [2.05, 4.69) is 29.0 Å². The van der Waals surface area contributed by atoms with Gasteiger partial charge in [-0.25, -0.2) is 4.98 Å². The van der Waals surface area contributed by atoms with Crippen molar-refractivity contribution >= 4 is 11.7 Å². The lowest BCUT2D eigenvalue weighted by Crippen LogP contribution is -2.36. The number of hydrogen-bond acceptors (Lipinski definition) is 3. The van der Waals surface area contributed by atoms with Gasteiger partial charge in [-0.1, -0.05) is 33.1 Å². The normalized spacial score (nSPS) is 15.5. The molecule has 0 unspecified atom stereocenters. The fourth-order valence-corrected chi connectivity index (χ4v) is 3.13. The van der Waals surface area contributed by atoms with Gasteiger partial charge in [0.1, 0.15) is 5.82 Å². The van der Waals surface area contributed by atoms with E-state index in [1.807, 2.05) is 12.1 Å². The number of nitrogens with one attached hydrogen (secondary N) is 1. The van der Waals surface area contributed by atoms with Gasteiger partial charge in [-0.2, -0.15) is 0 Å².